The van der Waals surface area contributed by atoms with Crippen molar-refractivity contribution in [1.29, 1.82) is 0 Å². The Balaban J connectivity index is 1.64. The van der Waals surface area contributed by atoms with Crippen LogP contribution in [0.25, 0.3) is 0 Å². The molecule has 2 N–H and O–H groups in total. The van der Waals surface area contributed by atoms with E-state index < -0.39 is 5.91 Å². The zero-order valence-electron chi connectivity index (χ0n) is 13.5. The molecule has 0 unspecified atom stereocenters. The van der Waals surface area contributed by atoms with Crippen LogP contribution in [0.3, 0.4) is 0 Å². The average Bonchev–Trinajstić information content (AvgIpc) is 3.16. The van der Waals surface area contributed by atoms with Gasteiger partial charge in [-0.15, -0.1) is 0 Å². The van der Waals surface area contributed by atoms with Crippen molar-refractivity contribution < 1.29 is 14.0 Å². The van der Waals surface area contributed by atoms with Crippen LogP contribution in [-0.4, -0.2) is 18.0 Å². The number of hydrogen-bond donors (Lipinski definition) is 2. The first-order valence-electron chi connectivity index (χ1n) is 7.66. The van der Waals surface area contributed by atoms with Crippen LogP contribution in [0, 0.1) is 0 Å². The van der Waals surface area contributed by atoms with Crippen LogP contribution >= 0.6 is 11.6 Å². The number of furan rings is 1. The molecular weight excluding hydrogens is 354 g/mol. The highest BCUT2D eigenvalue weighted by atomic mass is 35.5. The maximum absolute atomic E-state index is 12.2. The summed E-state index contributed by atoms with van der Waals surface area (Å²) in [5, 5.41) is 7.11. The van der Waals surface area contributed by atoms with Gasteiger partial charge in [0, 0.05) is 21.8 Å². The second kappa shape index (κ2) is 8.13. The number of halogens is 1. The van der Waals surface area contributed by atoms with Crippen LogP contribution in [0.5, 0.6) is 0 Å². The number of hydrazone groups is 1. The molecule has 0 atom stereocenters. The lowest BCUT2D eigenvalue weighted by Crippen LogP contribution is -2.18. The maximum Gasteiger partial charge on any atom is 0.271 e. The molecule has 0 fully saturated rings. The van der Waals surface area contributed by atoms with Crippen molar-refractivity contribution in [2.24, 2.45) is 5.10 Å². The fourth-order valence-electron chi connectivity index (χ4n) is 2.13. The van der Waals surface area contributed by atoms with Crippen molar-refractivity contribution in [3.05, 3.63) is 88.8 Å². The van der Waals surface area contributed by atoms with Crippen LogP contribution in [0.1, 0.15) is 26.5 Å². The molecule has 0 aliphatic rings. The lowest BCUT2D eigenvalue weighted by Gasteiger charge is -2.07. The molecule has 3 aromatic rings. The van der Waals surface area contributed by atoms with Crippen molar-refractivity contribution >= 4 is 35.3 Å². The summed E-state index contributed by atoms with van der Waals surface area (Å²) in [5.74, 6) is -0.181. The van der Waals surface area contributed by atoms with Crippen molar-refractivity contribution in [3.8, 4) is 0 Å². The normalized spacial score (nSPS) is 10.7. The van der Waals surface area contributed by atoms with E-state index in [1.165, 1.54) is 12.5 Å². The first kappa shape index (κ1) is 17.4. The summed E-state index contributed by atoms with van der Waals surface area (Å²) in [6, 6.07) is 16.5. The van der Waals surface area contributed by atoms with Gasteiger partial charge in [0.1, 0.15) is 5.76 Å². The van der Waals surface area contributed by atoms with Gasteiger partial charge in [0.2, 0.25) is 0 Å². The Bertz CT molecular complexity index is 935. The molecule has 0 saturated heterocycles. The highest BCUT2D eigenvalue weighted by Crippen LogP contribution is 2.14. The van der Waals surface area contributed by atoms with Crippen LogP contribution in [0.4, 0.5) is 5.69 Å². The van der Waals surface area contributed by atoms with Crippen LogP contribution in [-0.2, 0) is 0 Å². The van der Waals surface area contributed by atoms with Gasteiger partial charge in [-0.05, 0) is 54.6 Å². The number of hydrogen-bond acceptors (Lipinski definition) is 4. The zero-order valence-corrected chi connectivity index (χ0v) is 14.2. The van der Waals surface area contributed by atoms with Crippen molar-refractivity contribution in [2.75, 3.05) is 5.32 Å². The molecule has 0 aliphatic heterocycles. The number of carbonyl (C=O) groups excluding carboxylic acids is 2. The highest BCUT2D eigenvalue weighted by molar-refractivity contribution is 6.30. The molecule has 130 valence electrons. The Labute approximate surface area is 154 Å². The molecule has 0 aliphatic carbocycles. The van der Waals surface area contributed by atoms with E-state index in [2.05, 4.69) is 15.8 Å². The monoisotopic (exact) mass is 367 g/mol. The quantitative estimate of drug-likeness (QED) is 0.529. The van der Waals surface area contributed by atoms with Gasteiger partial charge in [0.25, 0.3) is 11.8 Å². The molecule has 3 rings (SSSR count). The summed E-state index contributed by atoms with van der Waals surface area (Å²) in [5.41, 5.74) is 3.71. The Morgan fingerprint density at radius 3 is 2.50 bits per heavy atom. The van der Waals surface area contributed by atoms with Gasteiger partial charge < -0.3 is 9.73 Å². The highest BCUT2D eigenvalue weighted by Gasteiger charge is 2.09. The third kappa shape index (κ3) is 4.58. The molecule has 1 aromatic heterocycles. The minimum Gasteiger partial charge on any atom is -0.463 e. The Kier molecular flexibility index (Phi) is 5.46. The summed E-state index contributed by atoms with van der Waals surface area (Å²) < 4.78 is 5.08. The van der Waals surface area contributed by atoms with E-state index in [1.54, 1.807) is 60.7 Å². The third-order valence-corrected chi connectivity index (χ3v) is 3.64. The lowest BCUT2D eigenvalue weighted by atomic mass is 10.1. The number of rotatable bonds is 5. The smallest absolute Gasteiger partial charge is 0.271 e. The minimum atomic E-state index is -0.407. The molecule has 26 heavy (non-hydrogen) atoms. The average molecular weight is 368 g/mol. The molecule has 2 aromatic carbocycles. The molecular formula is C19H14ClN3O3. The van der Waals surface area contributed by atoms with Crippen LogP contribution in [0.2, 0.25) is 5.02 Å². The predicted octanol–water partition coefficient (Wildman–Crippen LogP) is 3.95. The molecule has 0 bridgehead atoms. The predicted molar refractivity (Wildman–Crippen MR) is 99.6 cm³/mol. The Hall–Kier alpha value is -3.38. The summed E-state index contributed by atoms with van der Waals surface area (Å²) in [7, 11) is 0. The largest absolute Gasteiger partial charge is 0.463 e. The van der Waals surface area contributed by atoms with Crippen molar-refractivity contribution in [3.63, 3.8) is 0 Å². The number of nitrogens with zero attached hydrogens (tertiary/aromatic N) is 1. The summed E-state index contributed by atoms with van der Waals surface area (Å²) >= 11 is 5.81. The SMILES string of the molecule is O=C(NN=Cc1ccco1)c1cccc(NC(=O)c2ccc(Cl)cc2)c1. The van der Waals surface area contributed by atoms with E-state index in [4.69, 9.17) is 16.0 Å². The van der Waals surface area contributed by atoms with E-state index >= 15 is 0 Å². The van der Waals surface area contributed by atoms with Gasteiger partial charge >= 0.3 is 0 Å². The molecule has 0 spiro atoms. The van der Waals surface area contributed by atoms with E-state index in [0.717, 1.165) is 0 Å². The number of benzene rings is 2. The second-order valence-electron chi connectivity index (χ2n) is 5.26. The van der Waals surface area contributed by atoms with E-state index in [-0.39, 0.29) is 5.91 Å². The molecule has 1 heterocycles. The van der Waals surface area contributed by atoms with Gasteiger partial charge in [0.15, 0.2) is 0 Å². The molecule has 2 amide bonds. The molecule has 6 nitrogen and oxygen atoms in total. The van der Waals surface area contributed by atoms with Gasteiger partial charge in [-0.1, -0.05) is 17.7 Å². The first-order valence-corrected chi connectivity index (χ1v) is 8.03. The summed E-state index contributed by atoms with van der Waals surface area (Å²) in [6.07, 6.45) is 2.90. The second-order valence-corrected chi connectivity index (χ2v) is 5.69. The number of nitrogens with one attached hydrogen (secondary N) is 2. The summed E-state index contributed by atoms with van der Waals surface area (Å²) in [6.45, 7) is 0. The van der Waals surface area contributed by atoms with E-state index in [0.29, 0.717) is 27.6 Å². The fourth-order valence-corrected chi connectivity index (χ4v) is 2.25. The van der Waals surface area contributed by atoms with Crippen molar-refractivity contribution in [2.45, 2.75) is 0 Å². The minimum absolute atomic E-state index is 0.296. The van der Waals surface area contributed by atoms with Crippen LogP contribution < -0.4 is 10.7 Å². The number of amides is 2. The fraction of sp³-hybridized carbons (Fsp3) is 0. The zero-order chi connectivity index (χ0) is 18.4. The topological polar surface area (TPSA) is 83.7 Å². The number of carbonyl (C=O) groups is 2. The van der Waals surface area contributed by atoms with E-state index in [9.17, 15) is 9.59 Å². The van der Waals surface area contributed by atoms with Crippen molar-refractivity contribution in [1.82, 2.24) is 5.43 Å². The first-order chi connectivity index (χ1) is 12.6. The van der Waals surface area contributed by atoms with E-state index in [1.807, 2.05) is 0 Å². The van der Waals surface area contributed by atoms with Gasteiger partial charge in [-0.2, -0.15) is 5.10 Å². The molecule has 7 heteroatoms. The number of anilines is 1. The van der Waals surface area contributed by atoms with Gasteiger partial charge in [-0.25, -0.2) is 5.43 Å². The summed E-state index contributed by atoms with van der Waals surface area (Å²) in [4.78, 5) is 24.4. The van der Waals surface area contributed by atoms with Gasteiger partial charge in [0.05, 0.1) is 12.5 Å². The molecule has 0 saturated carbocycles. The van der Waals surface area contributed by atoms with Crippen LogP contribution in [0.15, 0.2) is 76.4 Å². The molecule has 0 radical (unpaired) electrons. The van der Waals surface area contributed by atoms with Gasteiger partial charge in [-0.3, -0.25) is 9.59 Å². The maximum atomic E-state index is 12.2. The lowest BCUT2D eigenvalue weighted by molar-refractivity contribution is 0.0953. The standard InChI is InChI=1S/C19H14ClN3O3/c20-15-8-6-13(7-9-15)18(24)22-16-4-1-3-14(11-16)19(25)23-21-12-17-5-2-10-26-17/h1-12H,(H,22,24)(H,23,25). The Morgan fingerprint density at radius 1 is 0.962 bits per heavy atom. The Morgan fingerprint density at radius 2 is 1.77 bits per heavy atom. The third-order valence-electron chi connectivity index (χ3n) is 3.39.